The molecule has 0 spiro atoms. The van der Waals surface area contributed by atoms with Crippen LogP contribution in [0.4, 0.5) is 0 Å². The summed E-state index contributed by atoms with van der Waals surface area (Å²) in [6, 6.07) is -0.334. The fraction of sp³-hybridized carbons (Fsp3) is 0.727. The number of hydrogen-bond acceptors (Lipinski definition) is 4. The molecule has 17 heavy (non-hydrogen) atoms. The van der Waals surface area contributed by atoms with Gasteiger partial charge in [0.1, 0.15) is 0 Å². The van der Waals surface area contributed by atoms with Crippen molar-refractivity contribution in [2.24, 2.45) is 5.92 Å². The Bertz CT molecular complexity index is 390. The van der Waals surface area contributed by atoms with Crippen LogP contribution in [0.15, 0.2) is 12.7 Å². The van der Waals surface area contributed by atoms with E-state index in [-0.39, 0.29) is 6.04 Å². The zero-order valence-corrected chi connectivity index (χ0v) is 11.0. The Morgan fingerprint density at radius 1 is 1.53 bits per heavy atom. The van der Waals surface area contributed by atoms with E-state index in [1.165, 1.54) is 13.2 Å². The number of hydrogen-bond donors (Lipinski definition) is 1. The second-order valence-corrected chi connectivity index (χ2v) is 6.22. The van der Waals surface area contributed by atoms with Crippen LogP contribution in [0.1, 0.15) is 26.2 Å². The van der Waals surface area contributed by atoms with Gasteiger partial charge in [-0.3, -0.25) is 4.79 Å². The number of nitrogens with one attached hydrogen (secondary N) is 1. The monoisotopic (exact) mass is 261 g/mol. The summed E-state index contributed by atoms with van der Waals surface area (Å²) >= 11 is 0. The quantitative estimate of drug-likeness (QED) is 0.587. The lowest BCUT2D eigenvalue weighted by molar-refractivity contribution is -0.145. The van der Waals surface area contributed by atoms with Gasteiger partial charge in [0.2, 0.25) is 10.0 Å². The maximum atomic E-state index is 12.1. The van der Waals surface area contributed by atoms with Crippen molar-refractivity contribution >= 4 is 16.0 Å². The first-order valence-corrected chi connectivity index (χ1v) is 7.18. The van der Waals surface area contributed by atoms with Crippen LogP contribution in [-0.4, -0.2) is 32.8 Å². The molecule has 0 aliphatic heterocycles. The fourth-order valence-electron chi connectivity index (χ4n) is 2.11. The minimum absolute atomic E-state index is 0.334. The maximum Gasteiger partial charge on any atom is 0.310 e. The van der Waals surface area contributed by atoms with Gasteiger partial charge >= 0.3 is 5.97 Å². The first kappa shape index (κ1) is 14.2. The van der Waals surface area contributed by atoms with Crippen molar-refractivity contribution in [3.63, 3.8) is 0 Å². The molecule has 1 rings (SSSR count). The fourth-order valence-corrected chi connectivity index (χ4v) is 4.06. The summed E-state index contributed by atoms with van der Waals surface area (Å²) in [7, 11) is -2.22. The molecule has 3 atom stereocenters. The number of sulfonamides is 1. The normalized spacial score (nSPS) is 26.5. The van der Waals surface area contributed by atoms with Crippen molar-refractivity contribution in [2.75, 3.05) is 7.11 Å². The van der Waals surface area contributed by atoms with Gasteiger partial charge in [-0.05, 0) is 19.8 Å². The van der Waals surface area contributed by atoms with E-state index in [9.17, 15) is 13.2 Å². The topological polar surface area (TPSA) is 72.5 Å². The number of ether oxygens (including phenoxy) is 1. The molecular formula is C11H19NO4S. The summed E-state index contributed by atoms with van der Waals surface area (Å²) in [6.07, 6.45) is 3.31. The molecule has 0 aromatic heterocycles. The highest BCUT2D eigenvalue weighted by molar-refractivity contribution is 7.90. The number of rotatable bonds is 5. The average molecular weight is 261 g/mol. The van der Waals surface area contributed by atoms with Crippen LogP contribution in [0.3, 0.4) is 0 Å². The third kappa shape index (κ3) is 3.29. The van der Waals surface area contributed by atoms with Crippen molar-refractivity contribution in [3.8, 4) is 0 Å². The van der Waals surface area contributed by atoms with Crippen LogP contribution in [0.5, 0.6) is 0 Å². The van der Waals surface area contributed by atoms with Crippen molar-refractivity contribution in [3.05, 3.63) is 12.7 Å². The Kier molecular flexibility index (Phi) is 4.70. The molecule has 0 bridgehead atoms. The lowest BCUT2D eigenvalue weighted by Gasteiger charge is -2.20. The van der Waals surface area contributed by atoms with Gasteiger partial charge in [0.05, 0.1) is 18.3 Å². The van der Waals surface area contributed by atoms with Gasteiger partial charge in [-0.2, -0.15) is 0 Å². The SMILES string of the molecule is C=CC(C)NS(=O)(=O)C1CCCC1C(=O)OC. The second-order valence-electron chi connectivity index (χ2n) is 4.29. The molecule has 6 heteroatoms. The molecule has 1 N–H and O–H groups in total. The minimum Gasteiger partial charge on any atom is -0.469 e. The van der Waals surface area contributed by atoms with Gasteiger partial charge in [-0.25, -0.2) is 13.1 Å². The van der Waals surface area contributed by atoms with E-state index in [2.05, 4.69) is 16.0 Å². The highest BCUT2D eigenvalue weighted by atomic mass is 32.2. The Morgan fingerprint density at radius 2 is 2.18 bits per heavy atom. The predicted molar refractivity (Wildman–Crippen MR) is 64.9 cm³/mol. The van der Waals surface area contributed by atoms with Crippen LogP contribution < -0.4 is 4.72 Å². The zero-order valence-electron chi connectivity index (χ0n) is 10.2. The van der Waals surface area contributed by atoms with Crippen LogP contribution >= 0.6 is 0 Å². The summed E-state index contributed by atoms with van der Waals surface area (Å²) in [5.41, 5.74) is 0. The molecule has 98 valence electrons. The van der Waals surface area contributed by atoms with Crippen LogP contribution in [-0.2, 0) is 19.6 Å². The second kappa shape index (κ2) is 5.64. The van der Waals surface area contributed by atoms with Gasteiger partial charge in [-0.15, -0.1) is 6.58 Å². The highest BCUT2D eigenvalue weighted by Gasteiger charge is 2.42. The molecule has 1 aliphatic carbocycles. The summed E-state index contributed by atoms with van der Waals surface area (Å²) in [6.45, 7) is 5.22. The first-order valence-electron chi connectivity index (χ1n) is 5.64. The Labute approximate surface area is 102 Å². The molecule has 0 radical (unpaired) electrons. The van der Waals surface area contributed by atoms with Crippen LogP contribution in [0.2, 0.25) is 0 Å². The number of carbonyl (C=O) groups is 1. The van der Waals surface area contributed by atoms with E-state index in [4.69, 9.17) is 0 Å². The summed E-state index contributed by atoms with van der Waals surface area (Å²) in [5.74, 6) is -0.987. The lowest BCUT2D eigenvalue weighted by Crippen LogP contribution is -2.42. The molecule has 1 fully saturated rings. The summed E-state index contributed by atoms with van der Waals surface area (Å²) in [5, 5.41) is -0.683. The van der Waals surface area contributed by atoms with E-state index in [0.29, 0.717) is 12.8 Å². The third-order valence-corrected chi connectivity index (χ3v) is 5.12. The van der Waals surface area contributed by atoms with Crippen molar-refractivity contribution in [1.29, 1.82) is 0 Å². The Balaban J connectivity index is 2.83. The zero-order chi connectivity index (χ0) is 13.1. The van der Waals surface area contributed by atoms with E-state index in [0.717, 1.165) is 6.42 Å². The molecule has 0 heterocycles. The van der Waals surface area contributed by atoms with Gasteiger partial charge in [0.15, 0.2) is 0 Å². The smallest absolute Gasteiger partial charge is 0.310 e. The van der Waals surface area contributed by atoms with E-state index >= 15 is 0 Å². The average Bonchev–Trinajstić information content (AvgIpc) is 2.76. The summed E-state index contributed by atoms with van der Waals surface area (Å²) in [4.78, 5) is 11.5. The maximum absolute atomic E-state index is 12.1. The molecular weight excluding hydrogens is 242 g/mol. The van der Waals surface area contributed by atoms with Crippen molar-refractivity contribution in [2.45, 2.75) is 37.5 Å². The standard InChI is InChI=1S/C11H19NO4S/c1-4-8(2)12-17(14,15)10-7-5-6-9(10)11(13)16-3/h4,8-10,12H,1,5-7H2,2-3H3. The van der Waals surface area contributed by atoms with Crippen LogP contribution in [0.25, 0.3) is 0 Å². The highest BCUT2D eigenvalue weighted by Crippen LogP contribution is 2.31. The molecule has 0 aromatic carbocycles. The summed E-state index contributed by atoms with van der Waals surface area (Å²) < 4.78 is 31.3. The molecule has 0 saturated heterocycles. The molecule has 1 saturated carbocycles. The minimum atomic E-state index is -3.50. The third-order valence-electron chi connectivity index (χ3n) is 3.06. The largest absolute Gasteiger partial charge is 0.469 e. The first-order chi connectivity index (χ1) is 7.92. The molecule has 5 nitrogen and oxygen atoms in total. The van der Waals surface area contributed by atoms with E-state index in [1.54, 1.807) is 6.92 Å². The van der Waals surface area contributed by atoms with Gasteiger partial charge in [0, 0.05) is 6.04 Å². The molecule has 3 unspecified atom stereocenters. The Hall–Kier alpha value is -0.880. The Morgan fingerprint density at radius 3 is 2.71 bits per heavy atom. The van der Waals surface area contributed by atoms with E-state index < -0.39 is 27.2 Å². The number of esters is 1. The van der Waals surface area contributed by atoms with E-state index in [1.807, 2.05) is 0 Å². The van der Waals surface area contributed by atoms with Crippen molar-refractivity contribution < 1.29 is 17.9 Å². The molecule has 0 aromatic rings. The lowest BCUT2D eigenvalue weighted by atomic mass is 10.1. The van der Waals surface area contributed by atoms with Crippen molar-refractivity contribution in [1.82, 2.24) is 4.72 Å². The van der Waals surface area contributed by atoms with Crippen LogP contribution in [0, 0.1) is 5.92 Å². The predicted octanol–water partition coefficient (Wildman–Crippen LogP) is 0.822. The molecule has 1 aliphatic rings. The number of methoxy groups -OCH3 is 1. The van der Waals surface area contributed by atoms with Gasteiger partial charge in [0.25, 0.3) is 0 Å². The van der Waals surface area contributed by atoms with Gasteiger partial charge < -0.3 is 4.74 Å². The number of carbonyl (C=O) groups excluding carboxylic acids is 1. The van der Waals surface area contributed by atoms with Gasteiger partial charge in [-0.1, -0.05) is 12.5 Å². The molecule has 0 amide bonds.